The minimum Gasteiger partial charge on any atom is -0.493 e. The zero-order valence-electron chi connectivity index (χ0n) is 21.1. The first kappa shape index (κ1) is 27.6. The molecule has 4 aromatic carbocycles. The van der Waals surface area contributed by atoms with Crippen molar-refractivity contribution in [2.24, 2.45) is 0 Å². The molecule has 1 aliphatic rings. The van der Waals surface area contributed by atoms with Crippen LogP contribution in [-0.4, -0.2) is 42.3 Å². The third-order valence-corrected chi connectivity index (χ3v) is 7.46. The summed E-state index contributed by atoms with van der Waals surface area (Å²) in [4.78, 5) is 39.6. The smallest absolute Gasteiger partial charge is 0.343 e. The summed E-state index contributed by atoms with van der Waals surface area (Å²) in [6.45, 7) is 0.238. The minimum absolute atomic E-state index is 0.0277. The molecule has 1 heterocycles. The maximum Gasteiger partial charge on any atom is 0.343 e. The molecule has 0 aromatic heterocycles. The van der Waals surface area contributed by atoms with E-state index >= 15 is 0 Å². The van der Waals surface area contributed by atoms with E-state index in [1.165, 1.54) is 31.4 Å². The SMILES string of the molecule is COc1cc(/C=C2\SC(=O)N(CCOc3cccc4ccccc34)C2=O)cc(Cl)c1OC(=O)c1ccc(Cl)cc1. The lowest BCUT2D eigenvalue weighted by Crippen LogP contribution is -2.32. The fourth-order valence-corrected chi connectivity index (χ4v) is 5.32. The third kappa shape index (κ3) is 5.94. The minimum atomic E-state index is -0.642. The molecule has 0 radical (unpaired) electrons. The van der Waals surface area contributed by atoms with Gasteiger partial charge < -0.3 is 14.2 Å². The van der Waals surface area contributed by atoms with Crippen molar-refractivity contribution < 1.29 is 28.6 Å². The predicted molar refractivity (Wildman–Crippen MR) is 157 cm³/mol. The van der Waals surface area contributed by atoms with Gasteiger partial charge in [0.1, 0.15) is 12.4 Å². The Bertz CT molecular complexity index is 1650. The molecular weight excluding hydrogens is 573 g/mol. The molecule has 1 aliphatic heterocycles. The molecule has 7 nitrogen and oxygen atoms in total. The van der Waals surface area contributed by atoms with Gasteiger partial charge in [-0.25, -0.2) is 4.79 Å². The monoisotopic (exact) mass is 593 g/mol. The van der Waals surface area contributed by atoms with Crippen LogP contribution in [0.4, 0.5) is 4.79 Å². The number of hydrogen-bond donors (Lipinski definition) is 0. The second kappa shape index (κ2) is 12.0. The fourth-order valence-electron chi connectivity index (χ4n) is 4.07. The van der Waals surface area contributed by atoms with Gasteiger partial charge in [-0.1, -0.05) is 59.6 Å². The second-order valence-corrected chi connectivity index (χ2v) is 10.4. The van der Waals surface area contributed by atoms with Crippen LogP contribution in [0, 0.1) is 0 Å². The van der Waals surface area contributed by atoms with E-state index in [2.05, 4.69) is 0 Å². The summed E-state index contributed by atoms with van der Waals surface area (Å²) in [5, 5.41) is 2.17. The lowest BCUT2D eigenvalue weighted by molar-refractivity contribution is -0.123. The highest BCUT2D eigenvalue weighted by atomic mass is 35.5. The van der Waals surface area contributed by atoms with Crippen LogP contribution in [0.15, 0.2) is 83.8 Å². The van der Waals surface area contributed by atoms with E-state index in [9.17, 15) is 14.4 Å². The first-order chi connectivity index (χ1) is 19.3. The van der Waals surface area contributed by atoms with Gasteiger partial charge in [-0.3, -0.25) is 14.5 Å². The first-order valence-corrected chi connectivity index (χ1v) is 13.6. The number of fused-ring (bicyclic) bond motifs is 1. The van der Waals surface area contributed by atoms with Gasteiger partial charge in [0.05, 0.1) is 29.1 Å². The Balaban J connectivity index is 1.28. The molecular formula is C30H21Cl2NO6S. The van der Waals surface area contributed by atoms with Crippen LogP contribution in [0.2, 0.25) is 10.0 Å². The van der Waals surface area contributed by atoms with Crippen LogP contribution >= 0.6 is 35.0 Å². The molecule has 0 N–H and O–H groups in total. The molecule has 1 saturated heterocycles. The van der Waals surface area contributed by atoms with Gasteiger partial charge in [0.25, 0.3) is 11.1 Å². The van der Waals surface area contributed by atoms with E-state index in [4.69, 9.17) is 37.4 Å². The van der Waals surface area contributed by atoms with E-state index in [-0.39, 0.29) is 40.1 Å². The van der Waals surface area contributed by atoms with Crippen molar-refractivity contribution in [3.63, 3.8) is 0 Å². The largest absolute Gasteiger partial charge is 0.493 e. The molecule has 0 aliphatic carbocycles. The number of ether oxygens (including phenoxy) is 3. The van der Waals surface area contributed by atoms with E-state index < -0.39 is 17.1 Å². The number of carbonyl (C=O) groups excluding carboxylic acids is 3. The topological polar surface area (TPSA) is 82.1 Å². The van der Waals surface area contributed by atoms with Crippen molar-refractivity contribution in [1.82, 2.24) is 4.90 Å². The average molecular weight is 594 g/mol. The maximum absolute atomic E-state index is 13.0. The molecule has 202 valence electrons. The molecule has 0 spiro atoms. The Morgan fingerprint density at radius 2 is 1.70 bits per heavy atom. The number of amides is 2. The molecule has 0 saturated carbocycles. The number of nitrogens with zero attached hydrogens (tertiary/aromatic N) is 1. The Morgan fingerprint density at radius 1 is 0.950 bits per heavy atom. The van der Waals surface area contributed by atoms with Gasteiger partial charge >= 0.3 is 5.97 Å². The molecule has 2 amide bonds. The van der Waals surface area contributed by atoms with Crippen LogP contribution in [0.5, 0.6) is 17.2 Å². The molecule has 5 rings (SSSR count). The number of imide groups is 1. The Morgan fingerprint density at radius 3 is 2.48 bits per heavy atom. The number of methoxy groups -OCH3 is 1. The summed E-state index contributed by atoms with van der Waals surface area (Å²) in [6, 6.07) is 22.8. The Kier molecular flexibility index (Phi) is 8.30. The normalized spacial score (nSPS) is 14.2. The molecule has 0 bridgehead atoms. The van der Waals surface area contributed by atoms with Crippen molar-refractivity contribution in [3.05, 3.63) is 105 Å². The van der Waals surface area contributed by atoms with Crippen molar-refractivity contribution in [3.8, 4) is 17.2 Å². The number of esters is 1. The highest BCUT2D eigenvalue weighted by Crippen LogP contribution is 2.39. The van der Waals surface area contributed by atoms with E-state index in [0.29, 0.717) is 16.3 Å². The van der Waals surface area contributed by atoms with Crippen molar-refractivity contribution in [2.45, 2.75) is 0 Å². The zero-order chi connectivity index (χ0) is 28.2. The van der Waals surface area contributed by atoms with Crippen molar-refractivity contribution in [2.75, 3.05) is 20.3 Å². The maximum atomic E-state index is 13.0. The zero-order valence-corrected chi connectivity index (χ0v) is 23.4. The second-order valence-electron chi connectivity index (χ2n) is 8.59. The summed E-state index contributed by atoms with van der Waals surface area (Å²) in [7, 11) is 1.40. The van der Waals surface area contributed by atoms with Crippen LogP contribution in [0.3, 0.4) is 0 Å². The molecule has 4 aromatic rings. The van der Waals surface area contributed by atoms with E-state index in [0.717, 1.165) is 27.4 Å². The predicted octanol–water partition coefficient (Wildman–Crippen LogP) is 7.49. The first-order valence-electron chi connectivity index (χ1n) is 12.1. The number of halogens is 2. The fraction of sp³-hybridized carbons (Fsp3) is 0.100. The summed E-state index contributed by atoms with van der Waals surface area (Å²) in [5.41, 5.74) is 0.773. The molecule has 10 heteroatoms. The van der Waals surface area contributed by atoms with Gasteiger partial charge in [0.15, 0.2) is 11.5 Å². The van der Waals surface area contributed by atoms with Crippen molar-refractivity contribution in [1.29, 1.82) is 0 Å². The molecule has 0 atom stereocenters. The number of hydrogen-bond acceptors (Lipinski definition) is 7. The number of thioether (sulfide) groups is 1. The van der Waals surface area contributed by atoms with Crippen LogP contribution in [-0.2, 0) is 4.79 Å². The lowest BCUT2D eigenvalue weighted by Gasteiger charge is -2.14. The van der Waals surface area contributed by atoms with Gasteiger partial charge in [-0.15, -0.1) is 0 Å². The summed E-state index contributed by atoms with van der Waals surface area (Å²) in [5.74, 6) is -0.191. The summed E-state index contributed by atoms with van der Waals surface area (Å²) >= 11 is 13.1. The van der Waals surface area contributed by atoms with Gasteiger partial charge in [-0.2, -0.15) is 0 Å². The summed E-state index contributed by atoms with van der Waals surface area (Å²) < 4.78 is 16.8. The number of rotatable bonds is 8. The Labute approximate surface area is 244 Å². The van der Waals surface area contributed by atoms with Gasteiger partial charge in [0.2, 0.25) is 0 Å². The number of benzene rings is 4. The van der Waals surface area contributed by atoms with Crippen LogP contribution < -0.4 is 14.2 Å². The Hall–Kier alpha value is -3.98. The molecule has 1 fully saturated rings. The lowest BCUT2D eigenvalue weighted by atomic mass is 10.1. The van der Waals surface area contributed by atoms with Crippen LogP contribution in [0.1, 0.15) is 15.9 Å². The van der Waals surface area contributed by atoms with Gasteiger partial charge in [0, 0.05) is 10.4 Å². The molecule has 40 heavy (non-hydrogen) atoms. The molecule has 0 unspecified atom stereocenters. The van der Waals surface area contributed by atoms with Gasteiger partial charge in [-0.05, 0) is 71.3 Å². The third-order valence-electron chi connectivity index (χ3n) is 6.02. The van der Waals surface area contributed by atoms with E-state index in [1.807, 2.05) is 42.5 Å². The van der Waals surface area contributed by atoms with E-state index in [1.54, 1.807) is 18.2 Å². The highest BCUT2D eigenvalue weighted by molar-refractivity contribution is 8.18. The quantitative estimate of drug-likeness (QED) is 0.119. The average Bonchev–Trinajstić information content (AvgIpc) is 3.21. The summed E-state index contributed by atoms with van der Waals surface area (Å²) in [6.07, 6.45) is 1.54. The van der Waals surface area contributed by atoms with Crippen LogP contribution in [0.25, 0.3) is 16.8 Å². The highest BCUT2D eigenvalue weighted by Gasteiger charge is 2.35. The number of carbonyl (C=O) groups is 3. The standard InChI is InChI=1S/C30H21Cl2NO6S/c1-37-25-16-18(15-23(32)27(25)39-29(35)20-9-11-21(31)12-10-20)17-26-28(34)33(30(36)40-26)13-14-38-24-8-4-6-19-5-2-3-7-22(19)24/h2-12,15-17H,13-14H2,1H3/b26-17-. The van der Waals surface area contributed by atoms with Crippen molar-refractivity contribution >= 4 is 68.9 Å².